The number of nitrogens with one attached hydrogen (secondary N) is 2. The van der Waals surface area contributed by atoms with Gasteiger partial charge in [-0.1, -0.05) is 30.3 Å². The summed E-state index contributed by atoms with van der Waals surface area (Å²) in [5.41, 5.74) is 1.51. The molecule has 2 amide bonds. The van der Waals surface area contributed by atoms with E-state index in [0.717, 1.165) is 15.3 Å². The lowest BCUT2D eigenvalue weighted by molar-refractivity contribution is -0.136. The molecule has 0 fully saturated rings. The molecule has 0 aliphatic heterocycles. The Labute approximate surface area is 177 Å². The van der Waals surface area contributed by atoms with Gasteiger partial charge in [0.2, 0.25) is 0 Å². The summed E-state index contributed by atoms with van der Waals surface area (Å²) in [6, 6.07) is 18.9. The van der Waals surface area contributed by atoms with Gasteiger partial charge in [-0.05, 0) is 42.0 Å². The number of methoxy groups -OCH3 is 1. The largest absolute Gasteiger partial charge is 0.465 e. The number of rotatable bonds is 6. The average molecular weight is 424 g/mol. The van der Waals surface area contributed by atoms with Crippen LogP contribution >= 0.6 is 11.3 Å². The Balaban J connectivity index is 1.52. The summed E-state index contributed by atoms with van der Waals surface area (Å²) in [5.74, 6) is -2.09. The van der Waals surface area contributed by atoms with Gasteiger partial charge in [0.1, 0.15) is 6.10 Å². The van der Waals surface area contributed by atoms with Crippen molar-refractivity contribution in [2.45, 2.75) is 12.6 Å². The van der Waals surface area contributed by atoms with Crippen molar-refractivity contribution < 1.29 is 24.2 Å². The molecule has 30 heavy (non-hydrogen) atoms. The molecule has 0 aliphatic carbocycles. The first kappa shape index (κ1) is 21.2. The Morgan fingerprint density at radius 3 is 2.33 bits per heavy atom. The van der Waals surface area contributed by atoms with Crippen LogP contribution in [0.25, 0.3) is 0 Å². The van der Waals surface area contributed by atoms with E-state index in [-0.39, 0.29) is 6.54 Å². The molecule has 0 saturated carbocycles. The molecule has 1 unspecified atom stereocenters. The summed E-state index contributed by atoms with van der Waals surface area (Å²) in [4.78, 5) is 37.1. The zero-order valence-electron chi connectivity index (χ0n) is 16.1. The van der Waals surface area contributed by atoms with Crippen LogP contribution in [0.2, 0.25) is 0 Å². The second-order valence-corrected chi connectivity index (χ2v) is 7.52. The third-order valence-corrected chi connectivity index (χ3v) is 5.40. The van der Waals surface area contributed by atoms with Crippen molar-refractivity contribution in [3.05, 3.63) is 87.6 Å². The van der Waals surface area contributed by atoms with Gasteiger partial charge < -0.3 is 20.5 Å². The molecule has 1 aromatic heterocycles. The first-order chi connectivity index (χ1) is 14.5. The minimum Gasteiger partial charge on any atom is -0.465 e. The molecule has 0 bridgehead atoms. The quantitative estimate of drug-likeness (QED) is 0.417. The van der Waals surface area contributed by atoms with E-state index >= 15 is 0 Å². The molecule has 0 spiro atoms. The number of carbonyl (C=O) groups excluding carboxylic acids is 3. The van der Waals surface area contributed by atoms with E-state index in [1.54, 1.807) is 12.1 Å². The highest BCUT2D eigenvalue weighted by Crippen LogP contribution is 2.28. The van der Waals surface area contributed by atoms with Gasteiger partial charge in [-0.2, -0.15) is 0 Å². The van der Waals surface area contributed by atoms with Gasteiger partial charge in [-0.25, -0.2) is 4.79 Å². The highest BCUT2D eigenvalue weighted by atomic mass is 32.1. The Morgan fingerprint density at radius 2 is 1.67 bits per heavy atom. The lowest BCUT2D eigenvalue weighted by Gasteiger charge is -2.08. The number of esters is 1. The van der Waals surface area contributed by atoms with Crippen LogP contribution in [0.3, 0.4) is 0 Å². The molecule has 0 saturated heterocycles. The molecule has 7 nitrogen and oxygen atoms in total. The number of hydrogen-bond acceptors (Lipinski definition) is 6. The van der Waals surface area contributed by atoms with Gasteiger partial charge >= 0.3 is 17.8 Å². The fourth-order valence-corrected chi connectivity index (χ4v) is 3.65. The van der Waals surface area contributed by atoms with E-state index in [4.69, 9.17) is 0 Å². The summed E-state index contributed by atoms with van der Waals surface area (Å²) in [5, 5.41) is 15.5. The zero-order chi connectivity index (χ0) is 21.5. The molecule has 3 rings (SSSR count). The molecule has 2 aromatic carbocycles. The van der Waals surface area contributed by atoms with Crippen molar-refractivity contribution in [1.82, 2.24) is 5.32 Å². The number of ether oxygens (including phenoxy) is 1. The number of benzene rings is 2. The third-order valence-electron chi connectivity index (χ3n) is 4.26. The van der Waals surface area contributed by atoms with E-state index in [2.05, 4.69) is 15.4 Å². The SMILES string of the molecule is COC(=O)c1ccc(NC(=O)C(=O)NCc2ccc(C(O)c3ccccc3)s2)cc1. The Hall–Kier alpha value is -3.49. The molecule has 3 aromatic rings. The summed E-state index contributed by atoms with van der Waals surface area (Å²) < 4.78 is 4.61. The van der Waals surface area contributed by atoms with Crippen LogP contribution < -0.4 is 10.6 Å². The summed E-state index contributed by atoms with van der Waals surface area (Å²) in [6.07, 6.45) is -0.739. The molecule has 1 atom stereocenters. The fraction of sp³-hybridized carbons (Fsp3) is 0.136. The molecular formula is C22H20N2O5S. The molecular weight excluding hydrogens is 404 g/mol. The number of hydrogen-bond donors (Lipinski definition) is 3. The number of aliphatic hydroxyl groups excluding tert-OH is 1. The molecule has 0 radical (unpaired) electrons. The zero-order valence-corrected chi connectivity index (χ0v) is 16.9. The van der Waals surface area contributed by atoms with Crippen molar-refractivity contribution in [3.8, 4) is 0 Å². The van der Waals surface area contributed by atoms with E-state index < -0.39 is 23.9 Å². The van der Waals surface area contributed by atoms with E-state index in [0.29, 0.717) is 11.3 Å². The Kier molecular flexibility index (Phi) is 6.95. The number of amides is 2. The monoisotopic (exact) mass is 424 g/mol. The maximum Gasteiger partial charge on any atom is 0.337 e. The third kappa shape index (κ3) is 5.31. The van der Waals surface area contributed by atoms with Gasteiger partial charge in [0.25, 0.3) is 0 Å². The van der Waals surface area contributed by atoms with Gasteiger partial charge in [0.05, 0.1) is 19.2 Å². The predicted molar refractivity (Wildman–Crippen MR) is 113 cm³/mol. The average Bonchev–Trinajstić information content (AvgIpc) is 3.26. The van der Waals surface area contributed by atoms with Crippen molar-refractivity contribution in [2.75, 3.05) is 12.4 Å². The summed E-state index contributed by atoms with van der Waals surface area (Å²) in [6.45, 7) is 0.166. The molecule has 0 aliphatic rings. The number of aliphatic hydroxyl groups is 1. The van der Waals surface area contributed by atoms with Gasteiger partial charge in [-0.3, -0.25) is 9.59 Å². The first-order valence-electron chi connectivity index (χ1n) is 9.07. The first-order valence-corrected chi connectivity index (χ1v) is 9.88. The van der Waals surface area contributed by atoms with Crippen molar-refractivity contribution >= 4 is 34.8 Å². The van der Waals surface area contributed by atoms with Crippen LogP contribution in [0.1, 0.15) is 31.8 Å². The number of anilines is 1. The minimum atomic E-state index is -0.818. The van der Waals surface area contributed by atoms with E-state index in [1.165, 1.54) is 42.7 Å². The topological polar surface area (TPSA) is 105 Å². The van der Waals surface area contributed by atoms with Crippen LogP contribution in [0.5, 0.6) is 0 Å². The molecule has 8 heteroatoms. The van der Waals surface area contributed by atoms with Crippen molar-refractivity contribution in [2.24, 2.45) is 0 Å². The highest BCUT2D eigenvalue weighted by Gasteiger charge is 2.16. The minimum absolute atomic E-state index is 0.166. The highest BCUT2D eigenvalue weighted by molar-refractivity contribution is 7.12. The smallest absolute Gasteiger partial charge is 0.337 e. The second kappa shape index (κ2) is 9.82. The lowest BCUT2D eigenvalue weighted by Crippen LogP contribution is -2.34. The van der Waals surface area contributed by atoms with Gasteiger partial charge in [0.15, 0.2) is 0 Å². The molecule has 3 N–H and O–H groups in total. The van der Waals surface area contributed by atoms with E-state index in [9.17, 15) is 19.5 Å². The van der Waals surface area contributed by atoms with E-state index in [1.807, 2.05) is 30.3 Å². The maximum atomic E-state index is 12.1. The van der Waals surface area contributed by atoms with Gasteiger partial charge in [-0.15, -0.1) is 11.3 Å². The van der Waals surface area contributed by atoms with Gasteiger partial charge in [0, 0.05) is 15.4 Å². The van der Waals surface area contributed by atoms with Crippen LogP contribution in [0, 0.1) is 0 Å². The van der Waals surface area contributed by atoms with Crippen LogP contribution in [0.4, 0.5) is 5.69 Å². The Bertz CT molecular complexity index is 1030. The normalized spacial score (nSPS) is 11.4. The van der Waals surface area contributed by atoms with Crippen LogP contribution in [-0.2, 0) is 20.9 Å². The standard InChI is InChI=1S/C22H20N2O5S/c1-29-22(28)15-7-9-16(10-8-15)24-21(27)20(26)23-13-17-11-12-18(30-17)19(25)14-5-3-2-4-6-14/h2-12,19,25H,13H2,1H3,(H,23,26)(H,24,27). The molecule has 154 valence electrons. The summed E-state index contributed by atoms with van der Waals surface area (Å²) >= 11 is 1.36. The fourth-order valence-electron chi connectivity index (χ4n) is 2.68. The number of thiophene rings is 1. The maximum absolute atomic E-state index is 12.1. The summed E-state index contributed by atoms with van der Waals surface area (Å²) in [7, 11) is 1.28. The Morgan fingerprint density at radius 1 is 0.967 bits per heavy atom. The predicted octanol–water partition coefficient (Wildman–Crippen LogP) is 2.87. The lowest BCUT2D eigenvalue weighted by atomic mass is 10.1. The molecule has 1 heterocycles. The second-order valence-electron chi connectivity index (χ2n) is 6.32. The number of carbonyl (C=O) groups is 3. The van der Waals surface area contributed by atoms with Crippen LogP contribution in [-0.4, -0.2) is 30.0 Å². The van der Waals surface area contributed by atoms with Crippen LogP contribution in [0.15, 0.2) is 66.7 Å². The van der Waals surface area contributed by atoms with Crippen molar-refractivity contribution in [1.29, 1.82) is 0 Å². The van der Waals surface area contributed by atoms with Crippen molar-refractivity contribution in [3.63, 3.8) is 0 Å².